The van der Waals surface area contributed by atoms with Crippen molar-refractivity contribution in [1.82, 2.24) is 0 Å². The lowest BCUT2D eigenvalue weighted by atomic mass is 10.1. The monoisotopic (exact) mass is 340 g/mol. The van der Waals surface area contributed by atoms with E-state index in [9.17, 15) is 9.59 Å². The maximum absolute atomic E-state index is 11.2. The summed E-state index contributed by atoms with van der Waals surface area (Å²) in [6, 6.07) is 9.42. The van der Waals surface area contributed by atoms with E-state index in [2.05, 4.69) is 4.74 Å². The van der Waals surface area contributed by atoms with E-state index >= 15 is 0 Å². The van der Waals surface area contributed by atoms with Crippen molar-refractivity contribution in [3.63, 3.8) is 0 Å². The first-order chi connectivity index (χ1) is 11.2. The number of ketones is 1. The zero-order valence-electron chi connectivity index (χ0n) is 15.1. The smallest absolute Gasteiger partial charge is 0.450 e. The number of carboxylic acid groups (broad SMARTS) is 1. The number of carbonyl (C=O) groups excluding carboxylic acids is 1. The quantitative estimate of drug-likeness (QED) is 0.240. The van der Waals surface area contributed by atoms with E-state index in [-0.39, 0.29) is 11.9 Å². The Bertz CT molecular complexity index is 484. The number of Topliss-reactive ketones (excluding diaryl/α,β-unsaturated/α-hetero) is 1. The van der Waals surface area contributed by atoms with Crippen molar-refractivity contribution in [1.29, 1.82) is 0 Å². The van der Waals surface area contributed by atoms with E-state index in [0.29, 0.717) is 6.42 Å². The third-order valence-electron chi connectivity index (χ3n) is 2.89. The minimum atomic E-state index is -1.39. The second kappa shape index (κ2) is 11.6. The van der Waals surface area contributed by atoms with Gasteiger partial charge in [-0.15, -0.1) is 0 Å². The lowest BCUT2D eigenvalue weighted by Gasteiger charge is -2.23. The lowest BCUT2D eigenvalue weighted by Crippen LogP contribution is -2.32. The highest BCUT2D eigenvalue weighted by Gasteiger charge is 2.25. The first-order valence-electron chi connectivity index (χ1n) is 8.06. The Morgan fingerprint density at radius 1 is 1.17 bits per heavy atom. The second-order valence-corrected chi connectivity index (χ2v) is 5.71. The van der Waals surface area contributed by atoms with Gasteiger partial charge in [0, 0.05) is 25.8 Å². The summed E-state index contributed by atoms with van der Waals surface area (Å²) in [5.74, 6) is -1.02. The second-order valence-electron chi connectivity index (χ2n) is 5.71. The largest absolute Gasteiger partial charge is 0.508 e. The van der Waals surface area contributed by atoms with Crippen molar-refractivity contribution in [3.05, 3.63) is 35.9 Å². The summed E-state index contributed by atoms with van der Waals surface area (Å²) in [7, 11) is 0. The molecule has 0 aliphatic carbocycles. The molecule has 6 heteroatoms. The fourth-order valence-electron chi connectivity index (χ4n) is 1.49. The summed E-state index contributed by atoms with van der Waals surface area (Å²) >= 11 is 0. The molecule has 1 rings (SSSR count). The topological polar surface area (TPSA) is 82.1 Å². The number of rotatable bonds is 8. The minimum absolute atomic E-state index is 0.0864. The van der Waals surface area contributed by atoms with Gasteiger partial charge < -0.3 is 9.84 Å². The van der Waals surface area contributed by atoms with Crippen LogP contribution in [0.2, 0.25) is 0 Å². The number of hydrogen-bond donors (Lipinski definition) is 1. The Labute approximate surface area is 143 Å². The normalized spacial score (nSPS) is 11.9. The Kier molecular flexibility index (Phi) is 10.7. The molecule has 0 spiro atoms. The molecule has 0 bridgehead atoms. The molecule has 0 radical (unpaired) electrons. The highest BCUT2D eigenvalue weighted by Crippen LogP contribution is 2.13. The number of ether oxygens (including phenoxy) is 1. The third kappa shape index (κ3) is 10.7. The summed E-state index contributed by atoms with van der Waals surface area (Å²) in [4.78, 5) is 31.1. The van der Waals surface area contributed by atoms with Crippen molar-refractivity contribution in [3.8, 4) is 0 Å². The highest BCUT2D eigenvalue weighted by molar-refractivity contribution is 5.95. The van der Waals surface area contributed by atoms with Gasteiger partial charge in [0.1, 0.15) is 0 Å². The van der Waals surface area contributed by atoms with Crippen LogP contribution in [-0.2, 0) is 14.5 Å². The molecule has 1 atom stereocenters. The van der Waals surface area contributed by atoms with E-state index in [4.69, 9.17) is 14.9 Å². The fourth-order valence-corrected chi connectivity index (χ4v) is 1.49. The molecule has 0 saturated heterocycles. The van der Waals surface area contributed by atoms with E-state index in [0.717, 1.165) is 18.4 Å². The van der Waals surface area contributed by atoms with Gasteiger partial charge in [0.25, 0.3) is 0 Å². The van der Waals surface area contributed by atoms with Crippen molar-refractivity contribution in [2.24, 2.45) is 0 Å². The van der Waals surface area contributed by atoms with Crippen LogP contribution < -0.4 is 0 Å². The molecule has 1 unspecified atom stereocenters. The lowest BCUT2D eigenvalue weighted by molar-refractivity contribution is -0.422. The van der Waals surface area contributed by atoms with Crippen LogP contribution in [0.15, 0.2) is 30.3 Å². The first kappa shape index (κ1) is 22.1. The Hall–Kier alpha value is -1.92. The van der Waals surface area contributed by atoms with Crippen LogP contribution >= 0.6 is 0 Å². The van der Waals surface area contributed by atoms with Crippen LogP contribution in [0, 0.1) is 0 Å². The Balaban J connectivity index is 0.000000446. The van der Waals surface area contributed by atoms with E-state index in [1.165, 1.54) is 13.8 Å². The average molecular weight is 340 g/mol. The van der Waals surface area contributed by atoms with Gasteiger partial charge in [0.05, 0.1) is 6.10 Å². The Morgan fingerprint density at radius 3 is 2.21 bits per heavy atom. The summed E-state index contributed by atoms with van der Waals surface area (Å²) in [6.45, 7) is 8.68. The molecule has 0 aliphatic rings. The van der Waals surface area contributed by atoms with Crippen LogP contribution in [0.3, 0.4) is 0 Å². The molecular weight excluding hydrogens is 312 g/mol. The predicted octanol–water partition coefficient (Wildman–Crippen LogP) is 4.83. The van der Waals surface area contributed by atoms with E-state index in [1.807, 2.05) is 51.1 Å². The van der Waals surface area contributed by atoms with Crippen LogP contribution in [0.5, 0.6) is 0 Å². The van der Waals surface area contributed by atoms with Crippen molar-refractivity contribution < 1.29 is 29.2 Å². The molecule has 1 aromatic carbocycles. The van der Waals surface area contributed by atoms with Crippen molar-refractivity contribution in [2.75, 3.05) is 0 Å². The molecule has 0 aromatic heterocycles. The average Bonchev–Trinajstić information content (AvgIpc) is 2.53. The number of carbonyl (C=O) groups is 2. The first-order valence-corrected chi connectivity index (χ1v) is 8.06. The zero-order valence-corrected chi connectivity index (χ0v) is 15.1. The van der Waals surface area contributed by atoms with Crippen LogP contribution in [0.25, 0.3) is 0 Å². The molecular formula is C18H28O6. The van der Waals surface area contributed by atoms with Crippen LogP contribution in [0.4, 0.5) is 4.79 Å². The number of hydrogen-bond acceptors (Lipinski definition) is 5. The van der Waals surface area contributed by atoms with E-state index in [1.54, 1.807) is 0 Å². The van der Waals surface area contributed by atoms with Gasteiger partial charge in [-0.05, 0) is 19.8 Å². The van der Waals surface area contributed by atoms with Gasteiger partial charge in [-0.25, -0.2) is 9.68 Å². The third-order valence-corrected chi connectivity index (χ3v) is 2.89. The van der Waals surface area contributed by atoms with Gasteiger partial charge in [-0.1, -0.05) is 44.2 Å². The molecule has 0 aliphatic heterocycles. The molecule has 0 fully saturated rings. The maximum Gasteiger partial charge on any atom is 0.508 e. The van der Waals surface area contributed by atoms with Crippen molar-refractivity contribution in [2.45, 2.75) is 65.8 Å². The van der Waals surface area contributed by atoms with Crippen LogP contribution in [-0.4, -0.2) is 28.9 Å². The van der Waals surface area contributed by atoms with Gasteiger partial charge in [0.15, 0.2) is 5.78 Å². The molecule has 1 N–H and O–H groups in total. The van der Waals surface area contributed by atoms with Gasteiger partial charge in [-0.3, -0.25) is 4.79 Å². The molecule has 0 amide bonds. The SMILES string of the molecule is CCC(C)OOC(C)(C)OC(=O)O.CCCC(=O)c1ccccc1. The van der Waals surface area contributed by atoms with Crippen LogP contribution in [0.1, 0.15) is 64.2 Å². The molecule has 0 saturated carbocycles. The maximum atomic E-state index is 11.2. The molecule has 24 heavy (non-hydrogen) atoms. The standard InChI is InChI=1S/C10H12O.C8H16O5/c1-2-6-10(11)9-7-4-3-5-8-9;1-5-6(2)12-13-8(3,4)11-7(9)10/h3-5,7-8H,2,6H2,1H3;6H,5H2,1-4H3,(H,9,10). The molecule has 6 nitrogen and oxygen atoms in total. The van der Waals surface area contributed by atoms with E-state index < -0.39 is 11.9 Å². The van der Waals surface area contributed by atoms with Gasteiger partial charge in [-0.2, -0.15) is 4.89 Å². The molecule has 1 aromatic rings. The summed E-state index contributed by atoms with van der Waals surface area (Å²) in [5.41, 5.74) is 0.828. The minimum Gasteiger partial charge on any atom is -0.450 e. The van der Waals surface area contributed by atoms with Crippen molar-refractivity contribution >= 4 is 11.9 Å². The highest BCUT2D eigenvalue weighted by atomic mass is 17.2. The zero-order chi connectivity index (χ0) is 18.6. The molecule has 0 heterocycles. The summed E-state index contributed by atoms with van der Waals surface area (Å²) < 4.78 is 4.40. The summed E-state index contributed by atoms with van der Waals surface area (Å²) in [6.07, 6.45) is 0.885. The predicted molar refractivity (Wildman–Crippen MR) is 90.8 cm³/mol. The van der Waals surface area contributed by atoms with Gasteiger partial charge in [0.2, 0.25) is 5.79 Å². The fraction of sp³-hybridized carbons (Fsp3) is 0.556. The Morgan fingerprint density at radius 2 is 1.75 bits per heavy atom. The summed E-state index contributed by atoms with van der Waals surface area (Å²) in [5, 5.41) is 8.31. The molecule has 136 valence electrons. The number of benzene rings is 1. The van der Waals surface area contributed by atoms with Gasteiger partial charge >= 0.3 is 6.16 Å².